The zero-order valence-corrected chi connectivity index (χ0v) is 15.5. The quantitative estimate of drug-likeness (QED) is 0.702. The first kappa shape index (κ1) is 20.1. The van der Waals surface area contributed by atoms with Gasteiger partial charge in [0.05, 0.1) is 6.54 Å². The molecule has 1 N–H and O–H groups in total. The van der Waals surface area contributed by atoms with Gasteiger partial charge in [-0.1, -0.05) is 30.3 Å². The molecule has 0 aliphatic heterocycles. The van der Waals surface area contributed by atoms with E-state index in [4.69, 9.17) is 0 Å². The molecule has 0 fully saturated rings. The first-order valence-corrected chi connectivity index (χ1v) is 8.41. The second kappa shape index (κ2) is 8.17. The number of hydrogen-bond acceptors (Lipinski definition) is 5. The van der Waals surface area contributed by atoms with E-state index in [0.717, 1.165) is 0 Å². The lowest BCUT2D eigenvalue weighted by atomic mass is 10.2. The average Bonchev–Trinajstić information content (AvgIpc) is 3.08. The van der Waals surface area contributed by atoms with Crippen molar-refractivity contribution < 1.29 is 22.7 Å². The summed E-state index contributed by atoms with van der Waals surface area (Å²) in [6.07, 6.45) is -4.81. The van der Waals surface area contributed by atoms with Crippen molar-refractivity contribution in [3.05, 3.63) is 54.1 Å². The third kappa shape index (κ3) is 5.21. The smallest absolute Gasteiger partial charge is 0.405 e. The van der Waals surface area contributed by atoms with Crippen molar-refractivity contribution in [3.8, 4) is 17.1 Å². The number of carbonyl (C=O) groups is 1. The molecule has 0 unspecified atom stereocenters. The second-order valence-corrected chi connectivity index (χ2v) is 6.15. The van der Waals surface area contributed by atoms with Crippen LogP contribution in [0.1, 0.15) is 5.56 Å². The molecule has 1 aromatic heterocycles. The normalized spacial score (nSPS) is 11.2. The molecule has 2 aromatic carbocycles. The molecule has 8 nitrogen and oxygen atoms in total. The lowest BCUT2D eigenvalue weighted by Crippen LogP contribution is -2.31. The molecular formula is C18H17F3N6O2. The summed E-state index contributed by atoms with van der Waals surface area (Å²) in [5.41, 5.74) is 1.41. The molecular weight excluding hydrogens is 389 g/mol. The summed E-state index contributed by atoms with van der Waals surface area (Å²) < 4.78 is 43.2. The van der Waals surface area contributed by atoms with E-state index in [1.54, 1.807) is 37.4 Å². The maximum atomic E-state index is 12.6. The van der Waals surface area contributed by atoms with Crippen LogP contribution in [0.25, 0.3) is 11.4 Å². The van der Waals surface area contributed by atoms with E-state index < -0.39 is 12.4 Å². The summed E-state index contributed by atoms with van der Waals surface area (Å²) in [6.45, 7) is -0.0784. The van der Waals surface area contributed by atoms with Gasteiger partial charge in [-0.15, -0.1) is 18.3 Å². The first-order valence-electron chi connectivity index (χ1n) is 8.41. The van der Waals surface area contributed by atoms with Crippen molar-refractivity contribution in [3.63, 3.8) is 0 Å². The van der Waals surface area contributed by atoms with Crippen LogP contribution in [0.5, 0.6) is 5.75 Å². The molecule has 0 saturated carbocycles. The molecule has 0 spiro atoms. The third-order valence-corrected chi connectivity index (χ3v) is 3.94. The first-order chi connectivity index (χ1) is 13.7. The molecule has 3 rings (SSSR count). The summed E-state index contributed by atoms with van der Waals surface area (Å²) in [5.74, 6) is 0.170. The number of anilines is 1. The van der Waals surface area contributed by atoms with Crippen LogP contribution in [0.2, 0.25) is 0 Å². The Labute approximate surface area is 163 Å². The van der Waals surface area contributed by atoms with Gasteiger partial charge < -0.3 is 15.0 Å². The highest BCUT2D eigenvalue weighted by molar-refractivity contribution is 5.89. The number of aromatic nitrogens is 4. The number of amides is 2. The van der Waals surface area contributed by atoms with E-state index in [0.29, 0.717) is 17.1 Å². The Kier molecular flexibility index (Phi) is 5.66. The summed E-state index contributed by atoms with van der Waals surface area (Å²) in [5, 5.41) is 13.9. The van der Waals surface area contributed by atoms with Crippen LogP contribution in [0.4, 0.5) is 23.7 Å². The maximum absolute atomic E-state index is 12.6. The standard InChI is InChI=1S/C18H17F3N6O2/c1-26(11-13-6-3-4-9-15(13)29-18(19,20)21)17(28)22-14-8-5-7-12(10-14)16-23-24-25-27(16)2/h3-10H,11H2,1-2H3,(H,22,28). The molecule has 0 atom stereocenters. The molecule has 0 radical (unpaired) electrons. The molecule has 0 bridgehead atoms. The van der Waals surface area contributed by atoms with E-state index in [2.05, 4.69) is 25.6 Å². The highest BCUT2D eigenvalue weighted by atomic mass is 19.4. The lowest BCUT2D eigenvalue weighted by molar-refractivity contribution is -0.275. The van der Waals surface area contributed by atoms with Gasteiger partial charge in [-0.3, -0.25) is 0 Å². The number of urea groups is 1. The van der Waals surface area contributed by atoms with Crippen LogP contribution in [-0.4, -0.2) is 44.5 Å². The number of para-hydroxylation sites is 1. The Morgan fingerprint density at radius 3 is 2.66 bits per heavy atom. The number of nitrogens with zero attached hydrogens (tertiary/aromatic N) is 5. The highest BCUT2D eigenvalue weighted by Crippen LogP contribution is 2.27. The maximum Gasteiger partial charge on any atom is 0.573 e. The van der Waals surface area contributed by atoms with Gasteiger partial charge in [0.25, 0.3) is 0 Å². The minimum Gasteiger partial charge on any atom is -0.405 e. The van der Waals surface area contributed by atoms with E-state index in [-0.39, 0.29) is 17.9 Å². The van der Waals surface area contributed by atoms with E-state index in [1.165, 1.54) is 34.8 Å². The van der Waals surface area contributed by atoms with Gasteiger partial charge in [-0.25, -0.2) is 9.48 Å². The van der Waals surface area contributed by atoms with Crippen LogP contribution < -0.4 is 10.1 Å². The van der Waals surface area contributed by atoms with Gasteiger partial charge >= 0.3 is 12.4 Å². The van der Waals surface area contributed by atoms with E-state index in [9.17, 15) is 18.0 Å². The van der Waals surface area contributed by atoms with E-state index >= 15 is 0 Å². The number of tetrazole rings is 1. The van der Waals surface area contributed by atoms with Crippen LogP contribution in [-0.2, 0) is 13.6 Å². The molecule has 152 valence electrons. The molecule has 3 aromatic rings. The van der Waals surface area contributed by atoms with Gasteiger partial charge in [0, 0.05) is 30.9 Å². The predicted octanol–water partition coefficient (Wildman–Crippen LogP) is 3.44. The number of hydrogen-bond donors (Lipinski definition) is 1. The Hall–Kier alpha value is -3.63. The van der Waals surface area contributed by atoms with Crippen molar-refractivity contribution >= 4 is 11.7 Å². The fourth-order valence-corrected chi connectivity index (χ4v) is 2.61. The zero-order chi connectivity index (χ0) is 21.0. The Balaban J connectivity index is 1.70. The van der Waals surface area contributed by atoms with Gasteiger partial charge in [-0.05, 0) is 28.6 Å². The fraction of sp³-hybridized carbons (Fsp3) is 0.222. The topological polar surface area (TPSA) is 85.2 Å². The number of benzene rings is 2. The highest BCUT2D eigenvalue weighted by Gasteiger charge is 2.32. The largest absolute Gasteiger partial charge is 0.573 e. The minimum absolute atomic E-state index is 0.0784. The number of halogens is 3. The van der Waals surface area contributed by atoms with Gasteiger partial charge in [-0.2, -0.15) is 0 Å². The second-order valence-electron chi connectivity index (χ2n) is 6.15. The molecule has 1 heterocycles. The summed E-state index contributed by atoms with van der Waals surface area (Å²) in [4.78, 5) is 13.7. The monoisotopic (exact) mass is 406 g/mol. The summed E-state index contributed by atoms with van der Waals surface area (Å²) >= 11 is 0. The number of aryl methyl sites for hydroxylation is 1. The molecule has 0 aliphatic rings. The Morgan fingerprint density at radius 2 is 1.97 bits per heavy atom. The van der Waals surface area contributed by atoms with Crippen molar-refractivity contribution in [1.29, 1.82) is 0 Å². The van der Waals surface area contributed by atoms with Crippen molar-refractivity contribution in [2.24, 2.45) is 7.05 Å². The predicted molar refractivity (Wildman–Crippen MR) is 97.8 cm³/mol. The number of alkyl halides is 3. The lowest BCUT2D eigenvalue weighted by Gasteiger charge is -2.20. The van der Waals surface area contributed by atoms with Crippen LogP contribution in [0.15, 0.2) is 48.5 Å². The van der Waals surface area contributed by atoms with Gasteiger partial charge in [0.2, 0.25) is 0 Å². The van der Waals surface area contributed by atoms with Crippen LogP contribution in [0, 0.1) is 0 Å². The van der Waals surface area contributed by atoms with Crippen LogP contribution >= 0.6 is 0 Å². The number of ether oxygens (including phenoxy) is 1. The van der Waals surface area contributed by atoms with Crippen molar-refractivity contribution in [1.82, 2.24) is 25.1 Å². The van der Waals surface area contributed by atoms with Crippen molar-refractivity contribution in [2.45, 2.75) is 12.9 Å². The van der Waals surface area contributed by atoms with Gasteiger partial charge in [0.1, 0.15) is 5.75 Å². The van der Waals surface area contributed by atoms with Crippen LogP contribution in [0.3, 0.4) is 0 Å². The Morgan fingerprint density at radius 1 is 1.21 bits per heavy atom. The van der Waals surface area contributed by atoms with Crippen molar-refractivity contribution in [2.75, 3.05) is 12.4 Å². The third-order valence-electron chi connectivity index (χ3n) is 3.94. The molecule has 0 saturated heterocycles. The average molecular weight is 406 g/mol. The summed E-state index contributed by atoms with van der Waals surface area (Å²) in [6, 6.07) is 12.1. The zero-order valence-electron chi connectivity index (χ0n) is 15.5. The molecule has 11 heteroatoms. The van der Waals surface area contributed by atoms with Gasteiger partial charge in [0.15, 0.2) is 5.82 Å². The number of nitrogens with one attached hydrogen (secondary N) is 1. The molecule has 2 amide bonds. The molecule has 29 heavy (non-hydrogen) atoms. The van der Waals surface area contributed by atoms with E-state index in [1.807, 2.05) is 0 Å². The minimum atomic E-state index is -4.81. The molecule has 0 aliphatic carbocycles. The SMILES string of the molecule is CN(Cc1ccccc1OC(F)(F)F)C(=O)Nc1cccc(-c2nnnn2C)c1. The summed E-state index contributed by atoms with van der Waals surface area (Å²) in [7, 11) is 3.16. The number of carbonyl (C=O) groups excluding carboxylic acids is 1. The number of rotatable bonds is 5. The fourth-order valence-electron chi connectivity index (χ4n) is 2.61. The Bertz CT molecular complexity index is 1010.